The molecule has 0 spiro atoms. The zero-order chi connectivity index (χ0) is 10.4. The van der Waals surface area contributed by atoms with Gasteiger partial charge in [-0.3, -0.25) is 15.0 Å². The van der Waals surface area contributed by atoms with Crippen LogP contribution in [-0.4, -0.2) is 21.2 Å². The van der Waals surface area contributed by atoms with E-state index in [0.29, 0.717) is 6.42 Å². The maximum Gasteiger partial charge on any atom is 0.243 e. The summed E-state index contributed by atoms with van der Waals surface area (Å²) in [6.07, 6.45) is 2.23. The maximum atomic E-state index is 10.7. The molecule has 1 aromatic rings. The van der Waals surface area contributed by atoms with E-state index >= 15 is 0 Å². The van der Waals surface area contributed by atoms with E-state index in [9.17, 15) is 4.79 Å². The number of nitrogens with zero attached hydrogens (tertiary/aromatic N) is 1. The lowest BCUT2D eigenvalue weighted by Crippen LogP contribution is -2.18. The quantitative estimate of drug-likeness (QED) is 0.468. The van der Waals surface area contributed by atoms with Gasteiger partial charge in [0.15, 0.2) is 0 Å². The molecule has 1 amide bonds. The van der Waals surface area contributed by atoms with Crippen LogP contribution in [0.5, 0.6) is 0 Å². The Hall–Kier alpha value is -1.46. The Kier molecular flexibility index (Phi) is 4.03. The van der Waals surface area contributed by atoms with E-state index in [1.807, 2.05) is 0 Å². The van der Waals surface area contributed by atoms with Gasteiger partial charge >= 0.3 is 0 Å². The summed E-state index contributed by atoms with van der Waals surface area (Å²) >= 11 is 0. The number of aromatic nitrogens is 1. The minimum absolute atomic E-state index is 0.0373. The van der Waals surface area contributed by atoms with Crippen molar-refractivity contribution in [3.05, 3.63) is 29.6 Å². The second-order valence-electron chi connectivity index (χ2n) is 2.85. The average molecular weight is 196 g/mol. The van der Waals surface area contributed by atoms with Gasteiger partial charge in [0.1, 0.15) is 0 Å². The van der Waals surface area contributed by atoms with Crippen LogP contribution in [-0.2, 0) is 17.8 Å². The molecule has 0 unspecified atom stereocenters. The van der Waals surface area contributed by atoms with Gasteiger partial charge in [-0.2, -0.15) is 0 Å². The van der Waals surface area contributed by atoms with Crippen molar-refractivity contribution in [3.8, 4) is 0 Å². The molecule has 0 aromatic carbocycles. The van der Waals surface area contributed by atoms with Gasteiger partial charge in [0, 0.05) is 18.3 Å². The van der Waals surface area contributed by atoms with Gasteiger partial charge in [0.2, 0.25) is 5.91 Å². The summed E-state index contributed by atoms with van der Waals surface area (Å²) in [5.74, 6) is -0.432. The van der Waals surface area contributed by atoms with Crippen LogP contribution in [0.2, 0.25) is 0 Å². The second kappa shape index (κ2) is 5.31. The smallest absolute Gasteiger partial charge is 0.243 e. The Morgan fingerprint density at radius 3 is 2.79 bits per heavy atom. The molecule has 0 aliphatic heterocycles. The minimum Gasteiger partial charge on any atom is -0.392 e. The first kappa shape index (κ1) is 10.6. The number of hydrogen-bond acceptors (Lipinski definition) is 4. The van der Waals surface area contributed by atoms with Crippen molar-refractivity contribution in [3.63, 3.8) is 0 Å². The molecule has 0 saturated heterocycles. The molecule has 76 valence electrons. The molecule has 0 aliphatic carbocycles. The molecule has 5 nitrogen and oxygen atoms in total. The van der Waals surface area contributed by atoms with Crippen molar-refractivity contribution in [2.45, 2.75) is 19.4 Å². The SMILES string of the molecule is O=C(CCc1ccc(CO)cn1)NO. The standard InChI is InChI=1S/C9H12N2O3/c12-6-7-1-2-8(10-5-7)3-4-9(13)11-14/h1-2,5,12,14H,3-4,6H2,(H,11,13). The Morgan fingerprint density at radius 1 is 1.50 bits per heavy atom. The number of hydrogen-bond donors (Lipinski definition) is 3. The number of amides is 1. The van der Waals surface area contributed by atoms with Crippen LogP contribution in [0.15, 0.2) is 18.3 Å². The summed E-state index contributed by atoms with van der Waals surface area (Å²) in [4.78, 5) is 14.7. The normalized spacial score (nSPS) is 9.86. The Balaban J connectivity index is 2.47. The Bertz CT molecular complexity index is 297. The molecule has 14 heavy (non-hydrogen) atoms. The van der Waals surface area contributed by atoms with Crippen LogP contribution in [0.3, 0.4) is 0 Å². The number of hydroxylamine groups is 1. The first-order valence-electron chi connectivity index (χ1n) is 4.24. The number of carbonyl (C=O) groups excluding carboxylic acids is 1. The molecule has 1 rings (SSSR count). The van der Waals surface area contributed by atoms with Crippen LogP contribution < -0.4 is 5.48 Å². The number of aliphatic hydroxyl groups is 1. The summed E-state index contributed by atoms with van der Waals surface area (Å²) in [7, 11) is 0. The zero-order valence-electron chi connectivity index (χ0n) is 7.60. The van der Waals surface area contributed by atoms with Gasteiger partial charge in [0.25, 0.3) is 0 Å². The fraction of sp³-hybridized carbons (Fsp3) is 0.333. The molecule has 0 bridgehead atoms. The molecule has 1 aromatic heterocycles. The molecule has 1 heterocycles. The minimum atomic E-state index is -0.432. The third-order valence-corrected chi connectivity index (χ3v) is 1.80. The van der Waals surface area contributed by atoms with E-state index in [1.54, 1.807) is 23.8 Å². The highest BCUT2D eigenvalue weighted by atomic mass is 16.5. The van der Waals surface area contributed by atoms with Crippen molar-refractivity contribution in [2.24, 2.45) is 0 Å². The molecule has 0 aliphatic rings. The fourth-order valence-corrected chi connectivity index (χ4v) is 0.994. The largest absolute Gasteiger partial charge is 0.392 e. The number of pyridine rings is 1. The third-order valence-electron chi connectivity index (χ3n) is 1.80. The molecular formula is C9H12N2O3. The van der Waals surface area contributed by atoms with Crippen LogP contribution >= 0.6 is 0 Å². The van der Waals surface area contributed by atoms with E-state index in [1.165, 1.54) is 0 Å². The van der Waals surface area contributed by atoms with Gasteiger partial charge in [-0.05, 0) is 18.1 Å². The van der Waals surface area contributed by atoms with Gasteiger partial charge in [0.05, 0.1) is 6.61 Å². The van der Waals surface area contributed by atoms with Gasteiger partial charge in [-0.1, -0.05) is 6.07 Å². The molecule has 0 fully saturated rings. The third kappa shape index (κ3) is 3.12. The average Bonchev–Trinajstić information content (AvgIpc) is 2.26. The van der Waals surface area contributed by atoms with E-state index in [2.05, 4.69) is 4.98 Å². The number of aryl methyl sites for hydroxylation is 1. The van der Waals surface area contributed by atoms with Crippen molar-refractivity contribution in [1.82, 2.24) is 10.5 Å². The highest BCUT2D eigenvalue weighted by Crippen LogP contribution is 2.02. The predicted molar refractivity (Wildman–Crippen MR) is 48.4 cm³/mol. The molecule has 0 radical (unpaired) electrons. The van der Waals surface area contributed by atoms with E-state index < -0.39 is 5.91 Å². The summed E-state index contributed by atoms with van der Waals surface area (Å²) in [6, 6.07) is 3.50. The first-order chi connectivity index (χ1) is 6.76. The van der Waals surface area contributed by atoms with E-state index in [4.69, 9.17) is 10.3 Å². The summed E-state index contributed by atoms with van der Waals surface area (Å²) < 4.78 is 0. The monoisotopic (exact) mass is 196 g/mol. The highest BCUT2D eigenvalue weighted by molar-refractivity contribution is 5.74. The molecule has 5 heteroatoms. The number of nitrogens with one attached hydrogen (secondary N) is 1. The Labute approximate surface area is 81.4 Å². The van der Waals surface area contributed by atoms with Crippen LogP contribution in [0.25, 0.3) is 0 Å². The van der Waals surface area contributed by atoms with Crippen molar-refractivity contribution in [1.29, 1.82) is 0 Å². The second-order valence-corrected chi connectivity index (χ2v) is 2.85. The lowest BCUT2D eigenvalue weighted by atomic mass is 10.2. The van der Waals surface area contributed by atoms with Crippen molar-refractivity contribution < 1.29 is 15.1 Å². The van der Waals surface area contributed by atoms with Crippen molar-refractivity contribution in [2.75, 3.05) is 0 Å². The summed E-state index contributed by atoms with van der Waals surface area (Å²) in [6.45, 7) is -0.0373. The lowest BCUT2D eigenvalue weighted by molar-refractivity contribution is -0.129. The zero-order valence-corrected chi connectivity index (χ0v) is 7.60. The molecule has 0 saturated carbocycles. The van der Waals surface area contributed by atoms with Crippen molar-refractivity contribution >= 4 is 5.91 Å². The summed E-state index contributed by atoms with van der Waals surface area (Å²) in [5.41, 5.74) is 3.04. The van der Waals surface area contributed by atoms with Gasteiger partial charge in [-0.25, -0.2) is 5.48 Å². The lowest BCUT2D eigenvalue weighted by Gasteiger charge is -2.00. The highest BCUT2D eigenvalue weighted by Gasteiger charge is 2.01. The summed E-state index contributed by atoms with van der Waals surface area (Å²) in [5, 5.41) is 17.0. The van der Waals surface area contributed by atoms with Crippen LogP contribution in [0.1, 0.15) is 17.7 Å². The number of rotatable bonds is 4. The predicted octanol–water partition coefficient (Wildman–Crippen LogP) is 0.0119. The van der Waals surface area contributed by atoms with Gasteiger partial charge < -0.3 is 5.11 Å². The molecular weight excluding hydrogens is 184 g/mol. The van der Waals surface area contributed by atoms with Crippen LogP contribution in [0, 0.1) is 0 Å². The van der Waals surface area contributed by atoms with E-state index in [0.717, 1.165) is 11.3 Å². The molecule has 0 atom stereocenters. The Morgan fingerprint density at radius 2 is 2.29 bits per heavy atom. The van der Waals surface area contributed by atoms with Crippen LogP contribution in [0.4, 0.5) is 0 Å². The fourth-order valence-electron chi connectivity index (χ4n) is 0.994. The van der Waals surface area contributed by atoms with E-state index in [-0.39, 0.29) is 13.0 Å². The topological polar surface area (TPSA) is 82.5 Å². The maximum absolute atomic E-state index is 10.7. The first-order valence-corrected chi connectivity index (χ1v) is 4.24. The number of carbonyl (C=O) groups is 1. The van der Waals surface area contributed by atoms with Gasteiger partial charge in [-0.15, -0.1) is 0 Å². The molecule has 3 N–H and O–H groups in total. The number of aliphatic hydroxyl groups excluding tert-OH is 1.